The van der Waals surface area contributed by atoms with Gasteiger partial charge < -0.3 is 20.4 Å². The lowest BCUT2D eigenvalue weighted by Gasteiger charge is -2.22. The molecule has 0 amide bonds. The molecule has 0 aliphatic carbocycles. The first-order valence-electron chi connectivity index (χ1n) is 9.45. The fourth-order valence-electron chi connectivity index (χ4n) is 2.57. The second-order valence-corrected chi connectivity index (χ2v) is 6.37. The zero-order chi connectivity index (χ0) is 17.5. The van der Waals surface area contributed by atoms with Crippen LogP contribution < -0.4 is 10.6 Å². The highest BCUT2D eigenvalue weighted by atomic mass is 15.2. The van der Waals surface area contributed by atoms with E-state index in [2.05, 4.69) is 60.2 Å². The van der Waals surface area contributed by atoms with Gasteiger partial charge in [0.2, 0.25) is 0 Å². The van der Waals surface area contributed by atoms with Gasteiger partial charge in [0.05, 0.1) is 0 Å². The van der Waals surface area contributed by atoms with Gasteiger partial charge in [-0.2, -0.15) is 0 Å². The van der Waals surface area contributed by atoms with E-state index in [9.17, 15) is 0 Å². The van der Waals surface area contributed by atoms with Crippen LogP contribution in [-0.2, 0) is 0 Å². The Kier molecular flexibility index (Phi) is 14.2. The van der Waals surface area contributed by atoms with Gasteiger partial charge in [0.15, 0.2) is 5.96 Å². The van der Waals surface area contributed by atoms with E-state index >= 15 is 0 Å². The minimum atomic E-state index is 0.453. The Morgan fingerprint density at radius 1 is 1.04 bits per heavy atom. The lowest BCUT2D eigenvalue weighted by molar-refractivity contribution is 0.292. The van der Waals surface area contributed by atoms with Crippen LogP contribution >= 0.6 is 0 Å². The summed E-state index contributed by atoms with van der Waals surface area (Å²) in [5, 5.41) is 6.91. The fourth-order valence-corrected chi connectivity index (χ4v) is 2.57. The molecule has 0 bridgehead atoms. The molecule has 2 N–H and O–H groups in total. The molecule has 0 aromatic heterocycles. The number of nitrogens with zero attached hydrogens (tertiary/aromatic N) is 3. The summed E-state index contributed by atoms with van der Waals surface area (Å²) in [7, 11) is 4.03. The number of aliphatic imine (C=N–C) groups is 1. The average molecular weight is 328 g/mol. The number of likely N-dealkylation sites (N-methyl/N-ethyl adjacent to an activating group) is 1. The van der Waals surface area contributed by atoms with Gasteiger partial charge in [-0.1, -0.05) is 27.2 Å². The lowest BCUT2D eigenvalue weighted by Crippen LogP contribution is -2.44. The van der Waals surface area contributed by atoms with E-state index in [1.807, 2.05) is 7.05 Å². The molecule has 0 heterocycles. The number of hydrogen-bond acceptors (Lipinski definition) is 3. The van der Waals surface area contributed by atoms with Crippen molar-refractivity contribution in [2.24, 2.45) is 4.99 Å². The summed E-state index contributed by atoms with van der Waals surface area (Å²) in [5.41, 5.74) is 0. The summed E-state index contributed by atoms with van der Waals surface area (Å²) in [5.74, 6) is 0.921. The Balaban J connectivity index is 3.86. The van der Waals surface area contributed by atoms with Crippen molar-refractivity contribution in [1.29, 1.82) is 0 Å². The summed E-state index contributed by atoms with van der Waals surface area (Å²) in [6, 6.07) is 0.453. The van der Waals surface area contributed by atoms with Crippen molar-refractivity contribution in [1.82, 2.24) is 20.4 Å². The Hall–Kier alpha value is -0.810. The number of nitrogens with one attached hydrogen (secondary N) is 2. The Morgan fingerprint density at radius 3 is 2.30 bits per heavy atom. The van der Waals surface area contributed by atoms with Crippen molar-refractivity contribution in [3.8, 4) is 0 Å². The Labute approximate surface area is 144 Å². The molecule has 0 aromatic rings. The highest BCUT2D eigenvalue weighted by Crippen LogP contribution is 1.99. The third-order valence-corrected chi connectivity index (χ3v) is 4.29. The van der Waals surface area contributed by atoms with Gasteiger partial charge in [-0.3, -0.25) is 4.99 Å². The minimum Gasteiger partial charge on any atom is -0.355 e. The molecule has 0 saturated heterocycles. The molecule has 5 heteroatoms. The molecule has 1 atom stereocenters. The summed E-state index contributed by atoms with van der Waals surface area (Å²) in [6.45, 7) is 15.6. The molecule has 23 heavy (non-hydrogen) atoms. The third kappa shape index (κ3) is 12.3. The predicted molar refractivity (Wildman–Crippen MR) is 103 cm³/mol. The highest BCUT2D eigenvalue weighted by Gasteiger charge is 2.06. The monoisotopic (exact) mass is 327 g/mol. The molecule has 0 rings (SSSR count). The van der Waals surface area contributed by atoms with Crippen molar-refractivity contribution in [2.45, 2.75) is 59.4 Å². The van der Waals surface area contributed by atoms with Gasteiger partial charge in [-0.05, 0) is 59.4 Å². The molecule has 0 radical (unpaired) electrons. The first-order valence-corrected chi connectivity index (χ1v) is 9.45. The van der Waals surface area contributed by atoms with E-state index in [1.165, 1.54) is 38.8 Å². The van der Waals surface area contributed by atoms with Gasteiger partial charge in [-0.25, -0.2) is 0 Å². The number of hydrogen-bond donors (Lipinski definition) is 2. The van der Waals surface area contributed by atoms with Crippen LogP contribution in [0.1, 0.15) is 53.4 Å². The molecule has 0 fully saturated rings. The molecule has 0 spiro atoms. The standard InChI is InChI=1S/C18H41N5/c1-7-10-14-22(6)16-13-20-18(19-5)21-17(4)12-11-15-23(8-2)9-3/h17H,7-16H2,1-6H3,(H2,19,20,21). The van der Waals surface area contributed by atoms with Gasteiger partial charge in [0.1, 0.15) is 0 Å². The number of rotatable bonds is 13. The van der Waals surface area contributed by atoms with Crippen molar-refractivity contribution < 1.29 is 0 Å². The highest BCUT2D eigenvalue weighted by molar-refractivity contribution is 5.79. The SMILES string of the molecule is CCCCN(C)CCNC(=NC)NC(C)CCCN(CC)CC. The van der Waals surface area contributed by atoms with Crippen molar-refractivity contribution in [2.75, 3.05) is 53.4 Å². The molecular formula is C18H41N5. The van der Waals surface area contributed by atoms with Crippen LogP contribution in [0, 0.1) is 0 Å². The molecule has 0 saturated carbocycles. The summed E-state index contributed by atoms with van der Waals surface area (Å²) in [6.07, 6.45) is 4.93. The summed E-state index contributed by atoms with van der Waals surface area (Å²) in [4.78, 5) is 9.18. The molecule has 5 nitrogen and oxygen atoms in total. The van der Waals surface area contributed by atoms with Gasteiger partial charge >= 0.3 is 0 Å². The van der Waals surface area contributed by atoms with E-state index in [0.29, 0.717) is 6.04 Å². The maximum atomic E-state index is 4.33. The second kappa shape index (κ2) is 14.8. The van der Waals surface area contributed by atoms with Crippen LogP contribution in [0.15, 0.2) is 4.99 Å². The van der Waals surface area contributed by atoms with Gasteiger partial charge in [0.25, 0.3) is 0 Å². The summed E-state index contributed by atoms with van der Waals surface area (Å²) >= 11 is 0. The van der Waals surface area contributed by atoms with Crippen LogP contribution in [0.3, 0.4) is 0 Å². The van der Waals surface area contributed by atoms with Crippen LogP contribution in [0.25, 0.3) is 0 Å². The topological polar surface area (TPSA) is 42.9 Å². The number of unbranched alkanes of at least 4 members (excludes halogenated alkanes) is 1. The Morgan fingerprint density at radius 2 is 1.74 bits per heavy atom. The van der Waals surface area contributed by atoms with Crippen molar-refractivity contribution in [3.63, 3.8) is 0 Å². The van der Waals surface area contributed by atoms with Crippen LogP contribution in [0.4, 0.5) is 0 Å². The van der Waals surface area contributed by atoms with E-state index in [1.54, 1.807) is 0 Å². The van der Waals surface area contributed by atoms with E-state index < -0.39 is 0 Å². The zero-order valence-electron chi connectivity index (χ0n) is 16.5. The third-order valence-electron chi connectivity index (χ3n) is 4.29. The summed E-state index contributed by atoms with van der Waals surface area (Å²) < 4.78 is 0. The average Bonchev–Trinajstić information content (AvgIpc) is 2.55. The molecule has 0 aliphatic heterocycles. The van der Waals surface area contributed by atoms with E-state index in [0.717, 1.165) is 32.1 Å². The minimum absolute atomic E-state index is 0.453. The number of guanidine groups is 1. The van der Waals surface area contributed by atoms with Crippen molar-refractivity contribution >= 4 is 5.96 Å². The zero-order valence-corrected chi connectivity index (χ0v) is 16.5. The lowest BCUT2D eigenvalue weighted by atomic mass is 10.2. The second-order valence-electron chi connectivity index (χ2n) is 6.37. The van der Waals surface area contributed by atoms with Gasteiger partial charge in [-0.15, -0.1) is 0 Å². The smallest absolute Gasteiger partial charge is 0.191 e. The van der Waals surface area contributed by atoms with Crippen LogP contribution in [-0.4, -0.2) is 75.2 Å². The molecule has 1 unspecified atom stereocenters. The quantitative estimate of drug-likeness (QED) is 0.403. The predicted octanol–water partition coefficient (Wildman–Crippen LogP) is 2.39. The first-order chi connectivity index (χ1) is 11.1. The van der Waals surface area contributed by atoms with Crippen molar-refractivity contribution in [3.05, 3.63) is 0 Å². The maximum Gasteiger partial charge on any atom is 0.191 e. The van der Waals surface area contributed by atoms with Crippen LogP contribution in [0.2, 0.25) is 0 Å². The normalized spacial score (nSPS) is 13.7. The fraction of sp³-hybridized carbons (Fsp3) is 0.944. The Bertz CT molecular complexity index is 289. The van der Waals surface area contributed by atoms with E-state index in [4.69, 9.17) is 0 Å². The molecular weight excluding hydrogens is 286 g/mol. The molecule has 0 aliphatic rings. The maximum absolute atomic E-state index is 4.33. The first kappa shape index (κ1) is 22.2. The largest absolute Gasteiger partial charge is 0.355 e. The van der Waals surface area contributed by atoms with Crippen LogP contribution in [0.5, 0.6) is 0 Å². The molecule has 138 valence electrons. The van der Waals surface area contributed by atoms with E-state index in [-0.39, 0.29) is 0 Å². The van der Waals surface area contributed by atoms with Gasteiger partial charge in [0, 0.05) is 26.2 Å². The molecule has 0 aromatic carbocycles.